The molecule has 1 aliphatic heterocycles. The van der Waals surface area contributed by atoms with Gasteiger partial charge in [-0.15, -0.1) is 0 Å². The van der Waals surface area contributed by atoms with Crippen molar-refractivity contribution >= 4 is 40.7 Å². The van der Waals surface area contributed by atoms with Crippen LogP contribution < -0.4 is 15.5 Å². The Balaban J connectivity index is 1.45. The van der Waals surface area contributed by atoms with Gasteiger partial charge < -0.3 is 19.7 Å². The van der Waals surface area contributed by atoms with Gasteiger partial charge in [-0.1, -0.05) is 36.4 Å². The van der Waals surface area contributed by atoms with Gasteiger partial charge in [0.25, 0.3) is 0 Å². The van der Waals surface area contributed by atoms with Gasteiger partial charge in [-0.05, 0) is 62.7 Å². The molecule has 0 aliphatic carbocycles. The normalized spacial score (nSPS) is 14.9. The third kappa shape index (κ3) is 5.09. The Labute approximate surface area is 207 Å². The number of nitrogens with one attached hydrogen (secondary N) is 1. The van der Waals surface area contributed by atoms with Crippen molar-refractivity contribution in [2.24, 2.45) is 0 Å². The number of hydrogen-bond acceptors (Lipinski definition) is 6. The van der Waals surface area contributed by atoms with E-state index in [0.717, 1.165) is 59.2 Å². The number of aromatic nitrogens is 2. The predicted octanol–water partition coefficient (Wildman–Crippen LogP) is 5.35. The summed E-state index contributed by atoms with van der Waals surface area (Å²) in [6.45, 7) is 10.0. The number of anilines is 3. The maximum absolute atomic E-state index is 12.6. The number of benzene rings is 3. The Morgan fingerprint density at radius 3 is 2.46 bits per heavy atom. The highest BCUT2D eigenvalue weighted by Gasteiger charge is 2.17. The second kappa shape index (κ2) is 9.44. The molecule has 4 aromatic rings. The van der Waals surface area contributed by atoms with E-state index in [4.69, 9.17) is 4.98 Å². The fourth-order valence-corrected chi connectivity index (χ4v) is 5.52. The molecular weight excluding hydrogens is 453 g/mol. The van der Waals surface area contributed by atoms with Crippen LogP contribution in [-0.4, -0.2) is 61.4 Å². The zero-order chi connectivity index (χ0) is 24.6. The Kier molecular flexibility index (Phi) is 6.35. The summed E-state index contributed by atoms with van der Waals surface area (Å²) in [5.41, 5.74) is 6.38. The zero-order valence-corrected chi connectivity index (χ0v) is 21.7. The van der Waals surface area contributed by atoms with Crippen LogP contribution in [0, 0.1) is 6.92 Å². The molecular formula is C28H32N5OP. The van der Waals surface area contributed by atoms with E-state index in [-0.39, 0.29) is 0 Å². The molecule has 0 bridgehead atoms. The fraction of sp³-hybridized carbons (Fsp3) is 0.286. The van der Waals surface area contributed by atoms with E-state index in [1.165, 1.54) is 11.3 Å². The maximum Gasteiger partial charge on any atom is 0.227 e. The monoisotopic (exact) mass is 485 g/mol. The average Bonchev–Trinajstić information content (AvgIpc) is 2.84. The molecule has 0 saturated carbocycles. The summed E-state index contributed by atoms with van der Waals surface area (Å²) in [4.78, 5) is 14.3. The van der Waals surface area contributed by atoms with Crippen LogP contribution in [0.25, 0.3) is 22.0 Å². The molecule has 1 aliphatic rings. The first-order valence-electron chi connectivity index (χ1n) is 12.0. The molecule has 2 heterocycles. The number of nitrogens with zero attached hydrogens (tertiary/aromatic N) is 4. The first kappa shape index (κ1) is 23.5. The molecule has 0 atom stereocenters. The summed E-state index contributed by atoms with van der Waals surface area (Å²) in [6, 6.07) is 20.5. The molecule has 0 unspecified atom stereocenters. The lowest BCUT2D eigenvalue weighted by atomic mass is 10.0. The van der Waals surface area contributed by atoms with Crippen molar-refractivity contribution in [3.63, 3.8) is 0 Å². The summed E-state index contributed by atoms with van der Waals surface area (Å²) in [5, 5.41) is 5.23. The zero-order valence-electron chi connectivity index (χ0n) is 20.8. The summed E-state index contributed by atoms with van der Waals surface area (Å²) in [5.74, 6) is 0.560. The van der Waals surface area contributed by atoms with Gasteiger partial charge in [0.1, 0.15) is 7.14 Å². The maximum atomic E-state index is 12.6. The van der Waals surface area contributed by atoms with E-state index in [9.17, 15) is 4.57 Å². The number of piperazine rings is 1. The first-order valence-corrected chi connectivity index (χ1v) is 14.6. The van der Waals surface area contributed by atoms with Crippen molar-refractivity contribution in [3.05, 3.63) is 72.4 Å². The molecule has 0 amide bonds. The van der Waals surface area contributed by atoms with Gasteiger partial charge in [0, 0.05) is 60.0 Å². The lowest BCUT2D eigenvalue weighted by Gasteiger charge is -2.35. The molecule has 1 saturated heterocycles. The van der Waals surface area contributed by atoms with Crippen LogP contribution in [-0.2, 0) is 4.57 Å². The minimum absolute atomic E-state index is 0.560. The number of hydrogen-bond donors (Lipinski definition) is 1. The second-order valence-electron chi connectivity index (χ2n) is 9.75. The van der Waals surface area contributed by atoms with Crippen LogP contribution in [0.2, 0.25) is 0 Å². The minimum Gasteiger partial charge on any atom is -0.369 e. The number of likely N-dealkylation sites (N-methyl/N-ethyl adjacent to an activating group) is 1. The lowest BCUT2D eigenvalue weighted by molar-refractivity contribution is 0.312. The molecule has 1 N–H and O–H groups in total. The molecule has 6 nitrogen and oxygen atoms in total. The summed E-state index contributed by atoms with van der Waals surface area (Å²) in [7, 11) is -0.179. The van der Waals surface area contributed by atoms with Gasteiger partial charge in [-0.2, -0.15) is 0 Å². The standard InChI is InChI=1S/C28H32N5OP/c1-20-17-23(11-12-26(20)33-15-13-32(2)14-16-33)30-28-29-19-22-8-6-10-25(27(22)31-28)21-7-5-9-24(18-21)35(3,4)34/h5-12,17-19H,13-16H2,1-4H3,(H,29,30,31). The summed E-state index contributed by atoms with van der Waals surface area (Å²) < 4.78 is 12.6. The van der Waals surface area contributed by atoms with Gasteiger partial charge in [-0.3, -0.25) is 0 Å². The summed E-state index contributed by atoms with van der Waals surface area (Å²) in [6.07, 6.45) is 1.86. The lowest BCUT2D eigenvalue weighted by Crippen LogP contribution is -2.44. The van der Waals surface area contributed by atoms with Gasteiger partial charge in [0.2, 0.25) is 5.95 Å². The van der Waals surface area contributed by atoms with Crippen LogP contribution in [0.5, 0.6) is 0 Å². The van der Waals surface area contributed by atoms with E-state index in [1.54, 1.807) is 13.3 Å². The molecule has 180 valence electrons. The SMILES string of the molecule is Cc1cc(Nc2ncc3cccc(-c4cccc(P(C)(C)=O)c4)c3n2)ccc1N1CCN(C)CC1. The average molecular weight is 486 g/mol. The molecule has 7 heteroatoms. The van der Waals surface area contributed by atoms with E-state index in [1.807, 2.05) is 42.6 Å². The van der Waals surface area contributed by atoms with Crippen molar-refractivity contribution in [2.75, 3.05) is 56.8 Å². The van der Waals surface area contributed by atoms with Crippen molar-refractivity contribution in [1.29, 1.82) is 0 Å². The van der Waals surface area contributed by atoms with Gasteiger partial charge in [0.15, 0.2) is 0 Å². The second-order valence-corrected chi connectivity index (χ2v) is 13.0. The van der Waals surface area contributed by atoms with Crippen LogP contribution >= 0.6 is 7.14 Å². The quantitative estimate of drug-likeness (QED) is 0.385. The molecule has 5 rings (SSSR count). The topological polar surface area (TPSA) is 61.4 Å². The number of aryl methyl sites for hydroxylation is 1. The van der Waals surface area contributed by atoms with Crippen molar-refractivity contribution in [2.45, 2.75) is 6.92 Å². The van der Waals surface area contributed by atoms with Crippen molar-refractivity contribution in [1.82, 2.24) is 14.9 Å². The van der Waals surface area contributed by atoms with Crippen LogP contribution in [0.15, 0.2) is 66.9 Å². The van der Waals surface area contributed by atoms with Gasteiger partial charge in [-0.25, -0.2) is 9.97 Å². The van der Waals surface area contributed by atoms with Crippen molar-refractivity contribution < 1.29 is 4.57 Å². The molecule has 3 aromatic carbocycles. The predicted molar refractivity (Wildman–Crippen MR) is 148 cm³/mol. The van der Waals surface area contributed by atoms with E-state index in [2.05, 4.69) is 58.3 Å². The van der Waals surface area contributed by atoms with E-state index in [0.29, 0.717) is 5.95 Å². The Morgan fingerprint density at radius 1 is 0.943 bits per heavy atom. The minimum atomic E-state index is -2.35. The molecule has 1 aromatic heterocycles. The van der Waals surface area contributed by atoms with Crippen molar-refractivity contribution in [3.8, 4) is 11.1 Å². The molecule has 0 radical (unpaired) electrons. The van der Waals surface area contributed by atoms with Crippen LogP contribution in [0.3, 0.4) is 0 Å². The Morgan fingerprint density at radius 2 is 1.71 bits per heavy atom. The van der Waals surface area contributed by atoms with Crippen LogP contribution in [0.4, 0.5) is 17.3 Å². The van der Waals surface area contributed by atoms with Gasteiger partial charge >= 0.3 is 0 Å². The summed E-state index contributed by atoms with van der Waals surface area (Å²) >= 11 is 0. The highest BCUT2D eigenvalue weighted by atomic mass is 31.2. The Hall–Kier alpha value is -3.21. The largest absolute Gasteiger partial charge is 0.369 e. The van der Waals surface area contributed by atoms with E-state index >= 15 is 0 Å². The molecule has 0 spiro atoms. The number of para-hydroxylation sites is 1. The first-order chi connectivity index (χ1) is 16.8. The molecule has 1 fully saturated rings. The smallest absolute Gasteiger partial charge is 0.227 e. The van der Waals surface area contributed by atoms with Gasteiger partial charge in [0.05, 0.1) is 5.52 Å². The Bertz CT molecular complexity index is 1420. The highest BCUT2D eigenvalue weighted by molar-refractivity contribution is 7.70. The fourth-order valence-electron chi connectivity index (χ4n) is 4.62. The van der Waals surface area contributed by atoms with Crippen LogP contribution in [0.1, 0.15) is 5.56 Å². The van der Waals surface area contributed by atoms with E-state index < -0.39 is 7.14 Å². The highest BCUT2D eigenvalue weighted by Crippen LogP contribution is 2.36. The third-order valence-corrected chi connectivity index (χ3v) is 8.21. The third-order valence-electron chi connectivity index (χ3n) is 6.69. The molecule has 35 heavy (non-hydrogen) atoms. The number of fused-ring (bicyclic) bond motifs is 1. The number of rotatable bonds is 5.